The van der Waals surface area contributed by atoms with E-state index in [1.54, 1.807) is 40.1 Å². The van der Waals surface area contributed by atoms with E-state index >= 15 is 0 Å². The summed E-state index contributed by atoms with van der Waals surface area (Å²) in [5.74, 6) is 0.311. The molecule has 0 saturated carbocycles. The lowest BCUT2D eigenvalue weighted by atomic mass is 10.1. The molecule has 1 aliphatic rings. The van der Waals surface area contributed by atoms with Crippen molar-refractivity contribution in [1.82, 2.24) is 9.80 Å². The lowest BCUT2D eigenvalue weighted by Gasteiger charge is -2.34. The molecule has 0 unspecified atom stereocenters. The Hall–Kier alpha value is -1.95. The van der Waals surface area contributed by atoms with Crippen LogP contribution in [0.3, 0.4) is 0 Å². The lowest BCUT2D eigenvalue weighted by molar-refractivity contribution is -0.140. The first kappa shape index (κ1) is 20.8. The van der Waals surface area contributed by atoms with Crippen molar-refractivity contribution in [2.45, 2.75) is 6.42 Å². The highest BCUT2D eigenvalue weighted by atomic mass is 35.5. The van der Waals surface area contributed by atoms with E-state index in [2.05, 4.69) is 0 Å². The Balaban J connectivity index is 1.45. The van der Waals surface area contributed by atoms with Crippen LogP contribution < -0.4 is 4.74 Å². The number of halogens is 3. The molecule has 5 nitrogen and oxygen atoms in total. The molecule has 0 atom stereocenters. The Kier molecular flexibility index (Phi) is 7.05. The third-order valence-electron chi connectivity index (χ3n) is 4.50. The van der Waals surface area contributed by atoms with E-state index in [1.807, 2.05) is 12.1 Å². The van der Waals surface area contributed by atoms with Gasteiger partial charge in [0.1, 0.15) is 5.75 Å². The Morgan fingerprint density at radius 1 is 0.821 bits per heavy atom. The molecule has 3 rings (SSSR count). The molecule has 8 heteroatoms. The van der Waals surface area contributed by atoms with Crippen LogP contribution in [0, 0.1) is 0 Å². The van der Waals surface area contributed by atoms with Gasteiger partial charge in [0.05, 0.1) is 11.4 Å². The predicted molar refractivity (Wildman–Crippen MR) is 110 cm³/mol. The highest BCUT2D eigenvalue weighted by Crippen LogP contribution is 2.27. The van der Waals surface area contributed by atoms with Gasteiger partial charge >= 0.3 is 0 Å². The van der Waals surface area contributed by atoms with Crippen molar-refractivity contribution in [3.8, 4) is 5.75 Å². The van der Waals surface area contributed by atoms with Crippen molar-refractivity contribution < 1.29 is 14.3 Å². The van der Waals surface area contributed by atoms with Crippen molar-refractivity contribution in [3.63, 3.8) is 0 Å². The maximum atomic E-state index is 12.4. The standard InChI is InChI=1S/C20H19Cl3N2O3/c21-15-3-1-14(2-4-15)11-19(26)24-7-9-25(10-8-24)20(27)13-28-18-6-5-16(22)12-17(18)23/h1-6,12H,7-11,13H2. The third kappa shape index (κ3) is 5.53. The monoisotopic (exact) mass is 440 g/mol. The first-order chi connectivity index (χ1) is 13.4. The number of nitrogens with zero attached hydrogens (tertiary/aromatic N) is 2. The van der Waals surface area contributed by atoms with Crippen LogP contribution in [0.15, 0.2) is 42.5 Å². The molecular formula is C20H19Cl3N2O3. The van der Waals surface area contributed by atoms with Crippen molar-refractivity contribution in [2.24, 2.45) is 0 Å². The van der Waals surface area contributed by atoms with Gasteiger partial charge in [-0.3, -0.25) is 9.59 Å². The van der Waals surface area contributed by atoms with Crippen LogP contribution >= 0.6 is 34.8 Å². The minimum absolute atomic E-state index is 0.0404. The van der Waals surface area contributed by atoms with E-state index in [0.29, 0.717) is 53.4 Å². The van der Waals surface area contributed by atoms with Crippen LogP contribution in [0.5, 0.6) is 5.75 Å². The SMILES string of the molecule is O=C(COc1ccc(Cl)cc1Cl)N1CCN(C(=O)Cc2ccc(Cl)cc2)CC1. The number of hydrogen-bond acceptors (Lipinski definition) is 3. The third-order valence-corrected chi connectivity index (χ3v) is 5.28. The summed E-state index contributed by atoms with van der Waals surface area (Å²) >= 11 is 17.8. The fourth-order valence-corrected chi connectivity index (χ4v) is 3.51. The zero-order chi connectivity index (χ0) is 20.1. The van der Waals surface area contributed by atoms with Gasteiger partial charge in [0.15, 0.2) is 6.61 Å². The minimum Gasteiger partial charge on any atom is -0.482 e. The first-order valence-electron chi connectivity index (χ1n) is 8.80. The maximum Gasteiger partial charge on any atom is 0.260 e. The van der Waals surface area contributed by atoms with Crippen molar-refractivity contribution in [2.75, 3.05) is 32.8 Å². The summed E-state index contributed by atoms with van der Waals surface area (Å²) in [6.45, 7) is 1.84. The van der Waals surface area contributed by atoms with E-state index in [9.17, 15) is 9.59 Å². The Labute approximate surface area is 178 Å². The van der Waals surface area contributed by atoms with E-state index < -0.39 is 0 Å². The molecule has 1 aliphatic heterocycles. The smallest absolute Gasteiger partial charge is 0.260 e. The minimum atomic E-state index is -0.143. The van der Waals surface area contributed by atoms with E-state index in [1.165, 1.54) is 0 Å². The van der Waals surface area contributed by atoms with Crippen LogP contribution in [0.2, 0.25) is 15.1 Å². The molecule has 1 fully saturated rings. The van der Waals surface area contributed by atoms with Crippen LogP contribution in [-0.4, -0.2) is 54.4 Å². The highest BCUT2D eigenvalue weighted by Gasteiger charge is 2.24. The van der Waals surface area contributed by atoms with Crippen LogP contribution in [0.25, 0.3) is 0 Å². The van der Waals surface area contributed by atoms with Crippen molar-refractivity contribution >= 4 is 46.6 Å². The fourth-order valence-electron chi connectivity index (χ4n) is 2.92. The second-order valence-corrected chi connectivity index (χ2v) is 7.71. The number of carbonyl (C=O) groups is 2. The Morgan fingerprint density at radius 3 is 2.00 bits per heavy atom. The highest BCUT2D eigenvalue weighted by molar-refractivity contribution is 6.35. The summed E-state index contributed by atoms with van der Waals surface area (Å²) in [5.41, 5.74) is 0.918. The van der Waals surface area contributed by atoms with Gasteiger partial charge in [0.2, 0.25) is 5.91 Å². The maximum absolute atomic E-state index is 12.4. The normalized spacial score (nSPS) is 14.1. The molecule has 0 radical (unpaired) electrons. The first-order valence-corrected chi connectivity index (χ1v) is 9.93. The molecule has 2 amide bonds. The van der Waals surface area contributed by atoms with Gasteiger partial charge in [0, 0.05) is 36.2 Å². The number of amides is 2. The average molecular weight is 442 g/mol. The lowest BCUT2D eigenvalue weighted by Crippen LogP contribution is -2.52. The summed E-state index contributed by atoms with van der Waals surface area (Å²) < 4.78 is 5.50. The molecule has 2 aromatic carbocycles. The van der Waals surface area contributed by atoms with Crippen LogP contribution in [0.4, 0.5) is 0 Å². The zero-order valence-electron chi connectivity index (χ0n) is 15.0. The number of hydrogen-bond donors (Lipinski definition) is 0. The quantitative estimate of drug-likeness (QED) is 0.706. The van der Waals surface area contributed by atoms with Gasteiger partial charge in [0.25, 0.3) is 5.91 Å². The molecule has 0 spiro atoms. The molecule has 0 bridgehead atoms. The van der Waals surface area contributed by atoms with Crippen molar-refractivity contribution in [3.05, 3.63) is 63.1 Å². The zero-order valence-corrected chi connectivity index (χ0v) is 17.3. The summed E-state index contributed by atoms with van der Waals surface area (Å²) in [5, 5.41) is 1.51. The largest absolute Gasteiger partial charge is 0.482 e. The molecular weight excluding hydrogens is 423 g/mol. The van der Waals surface area contributed by atoms with Gasteiger partial charge in [-0.05, 0) is 35.9 Å². The second-order valence-electron chi connectivity index (χ2n) is 6.43. The van der Waals surface area contributed by atoms with Gasteiger partial charge in [-0.1, -0.05) is 46.9 Å². The number of benzene rings is 2. The molecule has 0 N–H and O–H groups in total. The predicted octanol–water partition coefficient (Wildman–Crippen LogP) is 3.94. The number of ether oxygens (including phenoxy) is 1. The summed E-state index contributed by atoms with van der Waals surface area (Å²) in [7, 11) is 0. The summed E-state index contributed by atoms with van der Waals surface area (Å²) in [6.07, 6.45) is 0.323. The number of rotatable bonds is 5. The molecule has 0 aromatic heterocycles. The van der Waals surface area contributed by atoms with Gasteiger partial charge in [-0.15, -0.1) is 0 Å². The Morgan fingerprint density at radius 2 is 1.39 bits per heavy atom. The molecule has 1 heterocycles. The average Bonchev–Trinajstić information content (AvgIpc) is 2.69. The van der Waals surface area contributed by atoms with Gasteiger partial charge in [-0.2, -0.15) is 0 Å². The van der Waals surface area contributed by atoms with Crippen molar-refractivity contribution in [1.29, 1.82) is 0 Å². The Bertz CT molecular complexity index is 850. The summed E-state index contributed by atoms with van der Waals surface area (Å²) in [4.78, 5) is 28.3. The molecule has 1 saturated heterocycles. The van der Waals surface area contributed by atoms with Crippen LogP contribution in [0.1, 0.15) is 5.56 Å². The molecule has 28 heavy (non-hydrogen) atoms. The number of carbonyl (C=O) groups excluding carboxylic acids is 2. The fraction of sp³-hybridized carbons (Fsp3) is 0.300. The van der Waals surface area contributed by atoms with Crippen LogP contribution in [-0.2, 0) is 16.0 Å². The van der Waals surface area contributed by atoms with Gasteiger partial charge in [-0.25, -0.2) is 0 Å². The van der Waals surface area contributed by atoms with E-state index in [-0.39, 0.29) is 18.4 Å². The van der Waals surface area contributed by atoms with E-state index in [0.717, 1.165) is 5.56 Å². The second kappa shape index (κ2) is 9.50. The molecule has 2 aromatic rings. The molecule has 0 aliphatic carbocycles. The summed E-state index contributed by atoms with van der Waals surface area (Å²) in [6, 6.07) is 12.1. The molecule has 148 valence electrons. The topological polar surface area (TPSA) is 49.9 Å². The van der Waals surface area contributed by atoms with E-state index in [4.69, 9.17) is 39.5 Å². The van der Waals surface area contributed by atoms with Gasteiger partial charge < -0.3 is 14.5 Å². The number of piperazine rings is 1.